The van der Waals surface area contributed by atoms with Crippen LogP contribution < -0.4 is 0 Å². The third-order valence-electron chi connectivity index (χ3n) is 3.05. The van der Waals surface area contributed by atoms with E-state index < -0.39 is 0 Å². The summed E-state index contributed by atoms with van der Waals surface area (Å²) in [4.78, 5) is 0. The first-order valence-electron chi connectivity index (χ1n) is 7.06. The summed E-state index contributed by atoms with van der Waals surface area (Å²) in [6, 6.07) is 28.9. The van der Waals surface area contributed by atoms with E-state index in [0.717, 1.165) is 22.3 Å². The van der Waals surface area contributed by atoms with Gasteiger partial charge >= 0.3 is 0 Å². The van der Waals surface area contributed by atoms with E-state index in [1.165, 1.54) is 0 Å². The van der Waals surface area contributed by atoms with Crippen LogP contribution in [0.3, 0.4) is 0 Å². The molecule has 1 radical (unpaired) electrons. The van der Waals surface area contributed by atoms with Gasteiger partial charge in [0.15, 0.2) is 0 Å². The second-order valence-corrected chi connectivity index (χ2v) is 4.72. The topological polar surface area (TPSA) is 0 Å². The van der Waals surface area contributed by atoms with Gasteiger partial charge in [-0.2, -0.15) is 0 Å². The van der Waals surface area contributed by atoms with Gasteiger partial charge in [0.05, 0.1) is 0 Å². The molecule has 101 valence electrons. The Labute approximate surface area is 131 Å². The van der Waals surface area contributed by atoms with Crippen LogP contribution in [0.4, 0.5) is 0 Å². The molecule has 0 unspecified atom stereocenters. The molecule has 0 bridgehead atoms. The van der Waals surface area contributed by atoms with Crippen molar-refractivity contribution in [2.24, 2.45) is 0 Å². The van der Waals surface area contributed by atoms with Gasteiger partial charge in [0.1, 0.15) is 0 Å². The molecule has 0 amide bonds. The molecule has 0 fully saturated rings. The van der Waals surface area contributed by atoms with Crippen molar-refractivity contribution < 1.29 is 0 Å². The predicted octanol–water partition coefficient (Wildman–Crippen LogP) is 4.29. The first-order valence-corrected chi connectivity index (χ1v) is 7.06. The molecular formula is C22H13. The van der Waals surface area contributed by atoms with Crippen molar-refractivity contribution in [1.82, 2.24) is 0 Å². The van der Waals surface area contributed by atoms with Crippen LogP contribution >= 0.6 is 0 Å². The standard InChI is InChI=1S/C22H13/c1-3-7-19(8-4-1)11-13-21-15-17-22(18-16-21)14-12-20-9-5-2-6-10-20/h1-10,15-17H. The van der Waals surface area contributed by atoms with Crippen molar-refractivity contribution in [3.8, 4) is 23.7 Å². The van der Waals surface area contributed by atoms with E-state index in [1.807, 2.05) is 78.9 Å². The molecule has 0 heterocycles. The summed E-state index contributed by atoms with van der Waals surface area (Å²) in [5.41, 5.74) is 3.82. The molecule has 0 atom stereocenters. The molecule has 3 rings (SSSR count). The van der Waals surface area contributed by atoms with Gasteiger partial charge in [0, 0.05) is 22.3 Å². The maximum absolute atomic E-state index is 3.17. The van der Waals surface area contributed by atoms with Gasteiger partial charge < -0.3 is 0 Å². The summed E-state index contributed by atoms with van der Waals surface area (Å²) in [7, 11) is 0. The predicted molar refractivity (Wildman–Crippen MR) is 90.1 cm³/mol. The average molecular weight is 277 g/mol. The highest BCUT2D eigenvalue weighted by atomic mass is 13.9. The van der Waals surface area contributed by atoms with Gasteiger partial charge in [-0.25, -0.2) is 0 Å². The second kappa shape index (κ2) is 6.98. The molecular weight excluding hydrogens is 264 g/mol. The lowest BCUT2D eigenvalue weighted by molar-refractivity contribution is 1.57. The minimum atomic E-state index is 0.870. The van der Waals surface area contributed by atoms with Gasteiger partial charge in [0.2, 0.25) is 0 Å². The summed E-state index contributed by atoms with van der Waals surface area (Å²) < 4.78 is 0. The lowest BCUT2D eigenvalue weighted by Crippen LogP contribution is -1.79. The Balaban J connectivity index is 1.74. The molecule has 3 aromatic rings. The van der Waals surface area contributed by atoms with Crippen molar-refractivity contribution in [3.05, 3.63) is 107 Å². The molecule has 3 aromatic carbocycles. The van der Waals surface area contributed by atoms with Crippen LogP contribution in [0.1, 0.15) is 22.3 Å². The molecule has 0 heteroatoms. The molecule has 0 N–H and O–H groups in total. The van der Waals surface area contributed by atoms with Crippen LogP contribution in [-0.4, -0.2) is 0 Å². The summed E-state index contributed by atoms with van der Waals surface area (Å²) in [6.07, 6.45) is 0. The lowest BCUT2D eigenvalue weighted by Gasteiger charge is -1.92. The molecule has 0 aromatic heterocycles. The van der Waals surface area contributed by atoms with Gasteiger partial charge in [-0.05, 0) is 48.5 Å². The van der Waals surface area contributed by atoms with E-state index >= 15 is 0 Å². The van der Waals surface area contributed by atoms with E-state index in [1.54, 1.807) is 0 Å². The van der Waals surface area contributed by atoms with Gasteiger partial charge in [-0.3, -0.25) is 0 Å². The highest BCUT2D eigenvalue weighted by Crippen LogP contribution is 2.03. The molecule has 22 heavy (non-hydrogen) atoms. The maximum atomic E-state index is 3.17. The van der Waals surface area contributed by atoms with Crippen molar-refractivity contribution in [1.29, 1.82) is 0 Å². The van der Waals surface area contributed by atoms with Crippen LogP contribution in [-0.2, 0) is 0 Å². The Hall–Kier alpha value is -3.22. The van der Waals surface area contributed by atoms with Crippen molar-refractivity contribution in [2.75, 3.05) is 0 Å². The Morgan fingerprint density at radius 3 is 1.59 bits per heavy atom. The lowest BCUT2D eigenvalue weighted by atomic mass is 10.1. The fourth-order valence-electron chi connectivity index (χ4n) is 1.91. The highest BCUT2D eigenvalue weighted by Gasteiger charge is 1.90. The number of benzene rings is 3. The largest absolute Gasteiger partial charge is 0.0622 e. The fourth-order valence-corrected chi connectivity index (χ4v) is 1.91. The average Bonchev–Trinajstić information content (AvgIpc) is 2.61. The van der Waals surface area contributed by atoms with Gasteiger partial charge in [0.25, 0.3) is 0 Å². The second-order valence-electron chi connectivity index (χ2n) is 4.72. The van der Waals surface area contributed by atoms with Crippen molar-refractivity contribution in [2.45, 2.75) is 0 Å². The number of rotatable bonds is 0. The van der Waals surface area contributed by atoms with Crippen LogP contribution in [0.15, 0.2) is 78.9 Å². The van der Waals surface area contributed by atoms with Crippen LogP contribution in [0.25, 0.3) is 0 Å². The van der Waals surface area contributed by atoms with Crippen molar-refractivity contribution >= 4 is 0 Å². The third-order valence-corrected chi connectivity index (χ3v) is 3.05. The van der Waals surface area contributed by atoms with Gasteiger partial charge in [-0.15, -0.1) is 0 Å². The quantitative estimate of drug-likeness (QED) is 0.538. The Morgan fingerprint density at radius 2 is 1.05 bits per heavy atom. The van der Waals surface area contributed by atoms with E-state index in [4.69, 9.17) is 0 Å². The first kappa shape index (κ1) is 13.7. The molecule has 0 saturated heterocycles. The van der Waals surface area contributed by atoms with Crippen LogP contribution in [0.5, 0.6) is 0 Å². The molecule has 0 aliphatic rings. The molecule has 0 nitrogen and oxygen atoms in total. The normalized spacial score (nSPS) is 9.09. The monoisotopic (exact) mass is 277 g/mol. The molecule has 0 spiro atoms. The summed E-state index contributed by atoms with van der Waals surface area (Å²) in [5.74, 6) is 12.5. The smallest absolute Gasteiger partial charge is 0.0328 e. The van der Waals surface area contributed by atoms with E-state index in [2.05, 4.69) is 29.7 Å². The van der Waals surface area contributed by atoms with E-state index in [-0.39, 0.29) is 0 Å². The summed E-state index contributed by atoms with van der Waals surface area (Å²) in [5, 5.41) is 0. The zero-order valence-corrected chi connectivity index (χ0v) is 12.0. The Kier molecular flexibility index (Phi) is 4.36. The molecule has 0 aliphatic heterocycles. The summed E-state index contributed by atoms with van der Waals surface area (Å²) >= 11 is 0. The fraction of sp³-hybridized carbons (Fsp3) is 0. The number of hydrogen-bond acceptors (Lipinski definition) is 0. The zero-order valence-electron chi connectivity index (χ0n) is 12.0. The Morgan fingerprint density at radius 1 is 0.500 bits per heavy atom. The SMILES string of the molecule is C(#Cc1ccccc1)c1[c]cc(C#Cc2ccccc2)cc1. The highest BCUT2D eigenvalue weighted by molar-refractivity contribution is 5.47. The maximum Gasteiger partial charge on any atom is 0.0328 e. The van der Waals surface area contributed by atoms with E-state index in [9.17, 15) is 0 Å². The Bertz CT molecular complexity index is 773. The molecule has 0 saturated carbocycles. The van der Waals surface area contributed by atoms with Crippen molar-refractivity contribution in [3.63, 3.8) is 0 Å². The number of hydrogen-bond donors (Lipinski definition) is 0. The zero-order chi connectivity index (χ0) is 15.0. The minimum Gasteiger partial charge on any atom is -0.0622 e. The van der Waals surface area contributed by atoms with Crippen LogP contribution in [0, 0.1) is 29.7 Å². The van der Waals surface area contributed by atoms with Gasteiger partial charge in [-0.1, -0.05) is 60.1 Å². The minimum absolute atomic E-state index is 0.870. The van der Waals surface area contributed by atoms with Crippen LogP contribution in [0.2, 0.25) is 0 Å². The summed E-state index contributed by atoms with van der Waals surface area (Å²) in [6.45, 7) is 0. The van der Waals surface area contributed by atoms with E-state index in [0.29, 0.717) is 0 Å². The third kappa shape index (κ3) is 3.89. The first-order chi connectivity index (χ1) is 10.9. The molecule has 0 aliphatic carbocycles.